The lowest BCUT2D eigenvalue weighted by atomic mass is 9.81. The van der Waals surface area contributed by atoms with Gasteiger partial charge >= 0.3 is 0 Å². The largest absolute Gasteiger partial charge is 0.344 e. The minimum Gasteiger partial charge on any atom is -0.344 e. The van der Waals surface area contributed by atoms with Crippen LogP contribution in [0.1, 0.15) is 98.1 Å². The molecule has 0 radical (unpaired) electrons. The van der Waals surface area contributed by atoms with Gasteiger partial charge in [0, 0.05) is 59.3 Å². The predicted octanol–water partition coefficient (Wildman–Crippen LogP) is 8.70. The zero-order chi connectivity index (χ0) is 33.8. The number of hydrogen-bond donors (Lipinski definition) is 1. The lowest BCUT2D eigenvalue weighted by Crippen LogP contribution is -2.28. The Kier molecular flexibility index (Phi) is 11.0. The van der Waals surface area contributed by atoms with E-state index in [0.29, 0.717) is 31.6 Å². The molecule has 0 spiro atoms. The number of fused-ring (bicyclic) bond motifs is 2. The molecule has 0 saturated heterocycles. The van der Waals surface area contributed by atoms with Crippen LogP contribution < -0.4 is 4.90 Å². The van der Waals surface area contributed by atoms with Gasteiger partial charge in [-0.2, -0.15) is 13.0 Å². The van der Waals surface area contributed by atoms with Crippen LogP contribution in [-0.2, 0) is 25.7 Å². The summed E-state index contributed by atoms with van der Waals surface area (Å²) < 4.78 is 34.1. The van der Waals surface area contributed by atoms with Crippen molar-refractivity contribution >= 4 is 33.0 Å². The monoisotopic (exact) mass is 645 g/mol. The number of nitrogens with zero attached hydrogens (tertiary/aromatic N) is 2. The summed E-state index contributed by atoms with van der Waals surface area (Å²) in [5, 5.41) is 0. The van der Waals surface area contributed by atoms with Crippen LogP contribution in [-0.4, -0.2) is 47.9 Å². The van der Waals surface area contributed by atoms with Crippen LogP contribution in [0.3, 0.4) is 0 Å². The summed E-state index contributed by atoms with van der Waals surface area (Å²) in [5.41, 5.74) is 6.82. The molecule has 46 heavy (non-hydrogen) atoms. The molecule has 2 aromatic rings. The van der Waals surface area contributed by atoms with Gasteiger partial charge in [0.05, 0.1) is 11.2 Å². The number of carbonyl (C=O) groups excluding carboxylic acids is 1. The highest BCUT2D eigenvalue weighted by Gasteiger charge is 2.44. The van der Waals surface area contributed by atoms with Gasteiger partial charge in [-0.05, 0) is 57.2 Å². The Morgan fingerprint density at radius 1 is 0.848 bits per heavy atom. The fourth-order valence-electron chi connectivity index (χ4n) is 6.78. The maximum atomic E-state index is 12.4. The Labute approximate surface area is 277 Å². The summed E-state index contributed by atoms with van der Waals surface area (Å²) in [4.78, 5) is 14.7. The van der Waals surface area contributed by atoms with E-state index in [0.717, 1.165) is 37.2 Å². The zero-order valence-corrected chi connectivity index (χ0v) is 29.7. The topological polar surface area (TPSA) is 77.7 Å². The number of unbranched alkanes of at least 4 members (excludes halogenated alkanes) is 3. The first kappa shape index (κ1) is 35.6. The molecule has 0 saturated carbocycles. The summed E-state index contributed by atoms with van der Waals surface area (Å²) in [6.45, 7) is 16.6. The fraction of sp³-hybridized carbons (Fsp3) is 0.487. The Morgan fingerprint density at radius 3 is 2.22 bits per heavy atom. The van der Waals surface area contributed by atoms with Gasteiger partial charge in [0.15, 0.2) is 5.71 Å². The lowest BCUT2D eigenvalue weighted by molar-refractivity contribution is -0.438. The van der Waals surface area contributed by atoms with Gasteiger partial charge < -0.3 is 4.90 Å². The second kappa shape index (κ2) is 14.2. The highest BCUT2D eigenvalue weighted by Crippen LogP contribution is 2.47. The normalized spacial score (nSPS) is 18.3. The summed E-state index contributed by atoms with van der Waals surface area (Å²) >= 11 is 0. The molecular weight excluding hydrogens is 593 g/mol. The van der Waals surface area contributed by atoms with E-state index < -0.39 is 10.1 Å². The van der Waals surface area contributed by atoms with Crippen molar-refractivity contribution in [2.45, 2.75) is 97.8 Å². The van der Waals surface area contributed by atoms with E-state index in [1.54, 1.807) is 0 Å². The number of anilines is 1. The minimum absolute atomic E-state index is 0.129. The van der Waals surface area contributed by atoms with Gasteiger partial charge in [-0.25, -0.2) is 0 Å². The molecule has 0 bridgehead atoms. The molecule has 0 aromatic heterocycles. The third-order valence-electron chi connectivity index (χ3n) is 9.49. The maximum absolute atomic E-state index is 12.4. The van der Waals surface area contributed by atoms with Gasteiger partial charge in [-0.3, -0.25) is 9.35 Å². The highest BCUT2D eigenvalue weighted by molar-refractivity contribution is 7.85. The SMILES string of the molecule is CC(C)(C)C(=O)CCCCC[N+]1=C(/C=C/C=C/C=C2\N(CCCCS(=O)(=O)O)c3ccccc3C2(C)C)C(C)(C)c2ccccc21. The lowest BCUT2D eigenvalue weighted by Gasteiger charge is -2.27. The van der Waals surface area contributed by atoms with E-state index in [2.05, 4.69) is 110 Å². The molecule has 0 amide bonds. The Balaban J connectivity index is 1.52. The van der Waals surface area contributed by atoms with Gasteiger partial charge in [-0.1, -0.05) is 89.2 Å². The van der Waals surface area contributed by atoms with E-state index in [4.69, 9.17) is 4.55 Å². The van der Waals surface area contributed by atoms with Gasteiger partial charge in [-0.15, -0.1) is 0 Å². The van der Waals surface area contributed by atoms with Crippen LogP contribution in [0.4, 0.5) is 11.4 Å². The number of ketones is 1. The Hall–Kier alpha value is -3.29. The Bertz CT molecular complexity index is 1650. The number of rotatable bonds is 14. The summed E-state index contributed by atoms with van der Waals surface area (Å²) in [6.07, 6.45) is 15.4. The van der Waals surface area contributed by atoms with Crippen LogP contribution in [0.15, 0.2) is 84.6 Å². The van der Waals surface area contributed by atoms with Crippen molar-refractivity contribution in [2.24, 2.45) is 5.41 Å². The molecule has 0 atom stereocenters. The first-order valence-corrected chi connectivity index (χ1v) is 18.3. The molecule has 248 valence electrons. The Morgan fingerprint density at radius 2 is 1.52 bits per heavy atom. The molecule has 4 rings (SSSR count). The number of allylic oxidation sites excluding steroid dienone is 6. The van der Waals surface area contributed by atoms with E-state index in [1.807, 2.05) is 26.8 Å². The molecule has 1 N–H and O–H groups in total. The van der Waals surface area contributed by atoms with Crippen LogP contribution in [0.25, 0.3) is 0 Å². The number of Topliss-reactive ketones (excluding diaryl/α,β-unsaturated/α-hetero) is 1. The molecule has 2 heterocycles. The smallest absolute Gasteiger partial charge is 0.264 e. The van der Waals surface area contributed by atoms with Crippen LogP contribution >= 0.6 is 0 Å². The fourth-order valence-corrected chi connectivity index (χ4v) is 7.35. The molecule has 0 aliphatic carbocycles. The predicted molar refractivity (Wildman–Crippen MR) is 191 cm³/mol. The summed E-state index contributed by atoms with van der Waals surface area (Å²) in [7, 11) is -3.96. The van der Waals surface area contributed by atoms with Crippen LogP contribution in [0.5, 0.6) is 0 Å². The second-order valence-electron chi connectivity index (χ2n) is 14.7. The first-order chi connectivity index (χ1) is 21.5. The minimum atomic E-state index is -3.96. The molecule has 6 nitrogen and oxygen atoms in total. The van der Waals surface area contributed by atoms with Crippen molar-refractivity contribution in [2.75, 3.05) is 23.7 Å². The molecule has 0 unspecified atom stereocenters. The summed E-state index contributed by atoms with van der Waals surface area (Å²) in [5.74, 6) is 0.116. The van der Waals surface area contributed by atoms with Crippen molar-refractivity contribution < 1.29 is 22.3 Å². The quantitative estimate of drug-likeness (QED) is 0.0963. The molecule has 2 aliphatic rings. The maximum Gasteiger partial charge on any atom is 0.264 e. The molecule has 0 fully saturated rings. The van der Waals surface area contributed by atoms with Crippen LogP contribution in [0, 0.1) is 5.41 Å². The highest BCUT2D eigenvalue weighted by atomic mass is 32.2. The molecule has 2 aliphatic heterocycles. The van der Waals surface area contributed by atoms with Crippen molar-refractivity contribution in [3.8, 4) is 0 Å². The molecule has 7 heteroatoms. The van der Waals surface area contributed by atoms with E-state index in [-0.39, 0.29) is 22.0 Å². The van der Waals surface area contributed by atoms with E-state index >= 15 is 0 Å². The zero-order valence-electron chi connectivity index (χ0n) is 28.8. The van der Waals surface area contributed by atoms with Crippen molar-refractivity contribution in [3.63, 3.8) is 0 Å². The van der Waals surface area contributed by atoms with E-state index in [9.17, 15) is 13.2 Å². The molecule has 2 aromatic carbocycles. The average molecular weight is 646 g/mol. The number of hydrogen-bond acceptors (Lipinski definition) is 4. The number of para-hydroxylation sites is 2. The van der Waals surface area contributed by atoms with E-state index in [1.165, 1.54) is 22.5 Å². The van der Waals surface area contributed by atoms with Crippen LogP contribution in [0.2, 0.25) is 0 Å². The van der Waals surface area contributed by atoms with Gasteiger partial charge in [0.2, 0.25) is 5.69 Å². The second-order valence-corrected chi connectivity index (χ2v) is 16.3. The third-order valence-corrected chi connectivity index (χ3v) is 10.3. The third kappa shape index (κ3) is 8.16. The number of carbonyl (C=O) groups is 1. The number of benzene rings is 2. The van der Waals surface area contributed by atoms with Crippen molar-refractivity contribution in [3.05, 3.63) is 95.7 Å². The van der Waals surface area contributed by atoms with Crippen molar-refractivity contribution in [1.82, 2.24) is 0 Å². The average Bonchev–Trinajstić information content (AvgIpc) is 3.32. The standard InChI is InChI=1S/C39H52N2O4S/c1-37(2,3)36(42)26-12-9-17-27-40-32-22-15-13-20-30(32)38(4,5)34(40)24-10-8-11-25-35-39(6,7)31-21-14-16-23-33(31)41(35)28-18-19-29-46(43,44)45/h8,10-11,13-16,20-25H,9,12,17-19,26-29H2,1-7H3/p+1. The van der Waals surface area contributed by atoms with Gasteiger partial charge in [0.1, 0.15) is 12.3 Å². The molecular formula is C39H53N2O4S+. The summed E-state index contributed by atoms with van der Waals surface area (Å²) in [6, 6.07) is 17.1. The first-order valence-electron chi connectivity index (χ1n) is 16.7. The van der Waals surface area contributed by atoms with Crippen molar-refractivity contribution in [1.29, 1.82) is 0 Å². The van der Waals surface area contributed by atoms with Gasteiger partial charge in [0.25, 0.3) is 10.1 Å².